The maximum atomic E-state index is 11.9. The molecule has 0 aliphatic carbocycles. The van der Waals surface area contributed by atoms with Crippen LogP contribution in [0.5, 0.6) is 0 Å². The summed E-state index contributed by atoms with van der Waals surface area (Å²) in [6, 6.07) is 7.56. The van der Waals surface area contributed by atoms with E-state index in [1.165, 1.54) is 0 Å². The highest BCUT2D eigenvalue weighted by atomic mass is 16.2. The van der Waals surface area contributed by atoms with E-state index in [2.05, 4.69) is 5.32 Å². The first kappa shape index (κ1) is 15.2. The molecule has 0 fully saturated rings. The second-order valence-electron chi connectivity index (χ2n) is 5.27. The molecule has 0 atom stereocenters. The molecule has 0 aromatic heterocycles. The molecule has 1 aromatic carbocycles. The Morgan fingerprint density at radius 2 is 1.68 bits per heavy atom. The van der Waals surface area contributed by atoms with Gasteiger partial charge in [-0.05, 0) is 25.0 Å². The van der Waals surface area contributed by atoms with Gasteiger partial charge in [-0.15, -0.1) is 0 Å². The van der Waals surface area contributed by atoms with Crippen molar-refractivity contribution in [2.45, 2.75) is 38.8 Å². The molecule has 2 amide bonds. The van der Waals surface area contributed by atoms with Gasteiger partial charge in [0.2, 0.25) is 11.8 Å². The van der Waals surface area contributed by atoms with Crippen LogP contribution in [0.15, 0.2) is 24.3 Å². The number of amides is 2. The van der Waals surface area contributed by atoms with E-state index in [0.717, 1.165) is 11.1 Å². The van der Waals surface area contributed by atoms with Crippen molar-refractivity contribution in [2.24, 2.45) is 11.5 Å². The molecule has 0 spiro atoms. The Labute approximate surface area is 113 Å². The number of nitrogens with two attached hydrogens (primary N) is 2. The smallest absolute Gasteiger partial charge is 0.224 e. The molecule has 104 valence electrons. The summed E-state index contributed by atoms with van der Waals surface area (Å²) in [7, 11) is 0. The number of nitrogens with one attached hydrogen (secondary N) is 1. The molecule has 0 unspecified atom stereocenters. The molecule has 1 rings (SSSR count). The Bertz CT molecular complexity index is 452. The fraction of sp³-hybridized carbons (Fsp3) is 0.429. The first-order chi connectivity index (χ1) is 8.82. The van der Waals surface area contributed by atoms with Crippen LogP contribution in [0, 0.1) is 0 Å². The molecular formula is C14H21N3O2. The fourth-order valence-electron chi connectivity index (χ4n) is 1.88. The van der Waals surface area contributed by atoms with Gasteiger partial charge in [0, 0.05) is 18.5 Å². The van der Waals surface area contributed by atoms with Crippen molar-refractivity contribution in [3.05, 3.63) is 35.4 Å². The Balaban J connectivity index is 2.56. The quantitative estimate of drug-likeness (QED) is 0.695. The largest absolute Gasteiger partial charge is 0.370 e. The number of benzene rings is 1. The number of carbonyl (C=O) groups is 2. The van der Waals surface area contributed by atoms with Crippen LogP contribution in [-0.4, -0.2) is 17.4 Å². The molecule has 5 heteroatoms. The van der Waals surface area contributed by atoms with Crippen molar-refractivity contribution < 1.29 is 9.59 Å². The van der Waals surface area contributed by atoms with E-state index < -0.39 is 11.4 Å². The molecule has 0 aliphatic heterocycles. The van der Waals surface area contributed by atoms with E-state index in [-0.39, 0.29) is 18.7 Å². The predicted octanol–water partition coefficient (Wildman–Crippen LogP) is 0.458. The van der Waals surface area contributed by atoms with E-state index in [1.807, 2.05) is 24.3 Å². The van der Waals surface area contributed by atoms with E-state index >= 15 is 0 Å². The maximum Gasteiger partial charge on any atom is 0.224 e. The average Bonchev–Trinajstić information content (AvgIpc) is 2.27. The third kappa shape index (κ3) is 5.52. The van der Waals surface area contributed by atoms with Gasteiger partial charge in [0.25, 0.3) is 0 Å². The Hall–Kier alpha value is -1.88. The summed E-state index contributed by atoms with van der Waals surface area (Å²) in [5.74, 6) is -0.565. The SMILES string of the molecule is CC(C)(CC(N)=O)NC(=O)Cc1ccc(CN)cc1. The van der Waals surface area contributed by atoms with Gasteiger partial charge in [-0.1, -0.05) is 24.3 Å². The first-order valence-electron chi connectivity index (χ1n) is 6.19. The number of carbonyl (C=O) groups excluding carboxylic acids is 2. The molecular weight excluding hydrogens is 242 g/mol. The number of primary amides is 1. The highest BCUT2D eigenvalue weighted by Gasteiger charge is 2.22. The Kier molecular flexibility index (Phi) is 5.06. The van der Waals surface area contributed by atoms with Crippen molar-refractivity contribution >= 4 is 11.8 Å². The molecule has 0 bridgehead atoms. The summed E-state index contributed by atoms with van der Waals surface area (Å²) in [4.78, 5) is 22.8. The van der Waals surface area contributed by atoms with Crippen molar-refractivity contribution in [2.75, 3.05) is 0 Å². The van der Waals surface area contributed by atoms with Crippen molar-refractivity contribution in [3.8, 4) is 0 Å². The van der Waals surface area contributed by atoms with Crippen LogP contribution < -0.4 is 16.8 Å². The maximum absolute atomic E-state index is 11.9. The van der Waals surface area contributed by atoms with Gasteiger partial charge in [-0.25, -0.2) is 0 Å². The number of rotatable bonds is 6. The van der Waals surface area contributed by atoms with Crippen LogP contribution in [0.2, 0.25) is 0 Å². The third-order valence-corrected chi connectivity index (χ3v) is 2.72. The van der Waals surface area contributed by atoms with Crippen molar-refractivity contribution in [1.82, 2.24) is 5.32 Å². The van der Waals surface area contributed by atoms with Crippen LogP contribution in [-0.2, 0) is 22.6 Å². The van der Waals surface area contributed by atoms with Crippen LogP contribution in [0.1, 0.15) is 31.4 Å². The van der Waals surface area contributed by atoms with Crippen molar-refractivity contribution in [1.29, 1.82) is 0 Å². The number of hydrogen-bond acceptors (Lipinski definition) is 3. The zero-order valence-corrected chi connectivity index (χ0v) is 11.4. The summed E-state index contributed by atoms with van der Waals surface area (Å²) in [5.41, 5.74) is 12.0. The summed E-state index contributed by atoms with van der Waals surface area (Å²) in [6.45, 7) is 4.03. The van der Waals surface area contributed by atoms with Crippen LogP contribution >= 0.6 is 0 Å². The lowest BCUT2D eigenvalue weighted by Crippen LogP contribution is -2.46. The third-order valence-electron chi connectivity index (χ3n) is 2.72. The second-order valence-corrected chi connectivity index (χ2v) is 5.27. The van der Waals surface area contributed by atoms with Gasteiger partial charge in [-0.2, -0.15) is 0 Å². The fourth-order valence-corrected chi connectivity index (χ4v) is 1.88. The lowest BCUT2D eigenvalue weighted by molar-refractivity contribution is -0.123. The van der Waals surface area contributed by atoms with E-state index in [9.17, 15) is 9.59 Å². The molecule has 0 heterocycles. The standard InChI is InChI=1S/C14H21N3O2/c1-14(2,8-12(16)18)17-13(19)7-10-3-5-11(9-15)6-4-10/h3-6H,7-9,15H2,1-2H3,(H2,16,18)(H,17,19). The van der Waals surface area contributed by atoms with Crippen molar-refractivity contribution in [3.63, 3.8) is 0 Å². The highest BCUT2D eigenvalue weighted by Crippen LogP contribution is 2.09. The topological polar surface area (TPSA) is 98.2 Å². The van der Waals surface area contributed by atoms with Gasteiger partial charge in [-0.3, -0.25) is 9.59 Å². The van der Waals surface area contributed by atoms with E-state index in [0.29, 0.717) is 6.54 Å². The Morgan fingerprint density at radius 3 is 2.16 bits per heavy atom. The van der Waals surface area contributed by atoms with Crippen LogP contribution in [0.4, 0.5) is 0 Å². The zero-order chi connectivity index (χ0) is 14.5. The lowest BCUT2D eigenvalue weighted by atomic mass is 9.99. The molecule has 0 radical (unpaired) electrons. The van der Waals surface area contributed by atoms with E-state index in [1.54, 1.807) is 13.8 Å². The molecule has 1 aromatic rings. The van der Waals surface area contributed by atoms with E-state index in [4.69, 9.17) is 11.5 Å². The van der Waals surface area contributed by atoms with Gasteiger partial charge in [0.05, 0.1) is 6.42 Å². The average molecular weight is 263 g/mol. The van der Waals surface area contributed by atoms with Crippen LogP contribution in [0.3, 0.4) is 0 Å². The zero-order valence-electron chi connectivity index (χ0n) is 11.4. The predicted molar refractivity (Wildman–Crippen MR) is 74.1 cm³/mol. The molecule has 5 N–H and O–H groups in total. The normalized spacial score (nSPS) is 11.1. The minimum absolute atomic E-state index is 0.116. The molecule has 19 heavy (non-hydrogen) atoms. The molecule has 0 saturated carbocycles. The summed E-state index contributed by atoms with van der Waals surface area (Å²) in [5, 5.41) is 2.80. The number of hydrogen-bond donors (Lipinski definition) is 3. The second kappa shape index (κ2) is 6.33. The monoisotopic (exact) mass is 263 g/mol. The van der Waals surface area contributed by atoms with Crippen LogP contribution in [0.25, 0.3) is 0 Å². The minimum Gasteiger partial charge on any atom is -0.370 e. The lowest BCUT2D eigenvalue weighted by Gasteiger charge is -2.24. The summed E-state index contributed by atoms with van der Waals surface area (Å²) < 4.78 is 0. The van der Waals surface area contributed by atoms with Gasteiger partial charge in [0.15, 0.2) is 0 Å². The first-order valence-corrected chi connectivity index (χ1v) is 6.19. The molecule has 0 aliphatic rings. The molecule has 5 nitrogen and oxygen atoms in total. The van der Waals surface area contributed by atoms with Gasteiger partial charge in [0.1, 0.15) is 0 Å². The van der Waals surface area contributed by atoms with Gasteiger partial charge < -0.3 is 16.8 Å². The molecule has 0 saturated heterocycles. The summed E-state index contributed by atoms with van der Waals surface area (Å²) in [6.07, 6.45) is 0.387. The highest BCUT2D eigenvalue weighted by molar-refractivity contribution is 5.81. The Morgan fingerprint density at radius 1 is 1.16 bits per heavy atom. The van der Waals surface area contributed by atoms with Gasteiger partial charge >= 0.3 is 0 Å². The summed E-state index contributed by atoms with van der Waals surface area (Å²) >= 11 is 0. The minimum atomic E-state index is -0.625.